The Kier molecular flexibility index (Phi) is 4.63. The van der Waals surface area contributed by atoms with Crippen LogP contribution in [0.2, 0.25) is 0 Å². The summed E-state index contributed by atoms with van der Waals surface area (Å²) in [4.78, 5) is 4.55. The van der Waals surface area contributed by atoms with E-state index in [1.807, 2.05) is 17.1 Å². The van der Waals surface area contributed by atoms with Crippen molar-refractivity contribution in [3.8, 4) is 0 Å². The third kappa shape index (κ3) is 3.50. The maximum atomic E-state index is 4.55. The normalized spacial score (nSPS) is 13.3. The van der Waals surface area contributed by atoms with Gasteiger partial charge in [-0.2, -0.15) is 5.10 Å². The summed E-state index contributed by atoms with van der Waals surface area (Å²) < 4.78 is 1.96. The lowest BCUT2D eigenvalue weighted by molar-refractivity contribution is 0.527. The summed E-state index contributed by atoms with van der Waals surface area (Å²) in [7, 11) is 0. The highest BCUT2D eigenvalue weighted by Gasteiger charge is 2.09. The second kappa shape index (κ2) is 6.25. The third-order valence-corrected chi connectivity index (χ3v) is 3.51. The molecule has 2 aromatic heterocycles. The number of pyridine rings is 1. The summed E-state index contributed by atoms with van der Waals surface area (Å²) in [6, 6.07) is 2.95. The Balaban J connectivity index is 2.08. The Hall–Kier alpha value is -1.58. The van der Waals surface area contributed by atoms with Gasteiger partial charge in [0, 0.05) is 17.5 Å². The van der Waals surface area contributed by atoms with E-state index in [0.717, 1.165) is 22.6 Å². The number of hydrogen-bond acceptors (Lipinski definition) is 3. The molecule has 0 saturated carbocycles. The van der Waals surface area contributed by atoms with E-state index < -0.39 is 0 Å². The fourth-order valence-electron chi connectivity index (χ4n) is 2.34. The average Bonchev–Trinajstić information content (AvgIpc) is 2.79. The summed E-state index contributed by atoms with van der Waals surface area (Å²) in [5.74, 6) is 0.754. The Labute approximate surface area is 121 Å². The van der Waals surface area contributed by atoms with Gasteiger partial charge in [-0.3, -0.25) is 0 Å². The fourth-order valence-corrected chi connectivity index (χ4v) is 2.34. The monoisotopic (exact) mass is 274 g/mol. The zero-order valence-electron chi connectivity index (χ0n) is 13.2. The molecule has 2 heterocycles. The quantitative estimate of drug-likeness (QED) is 0.856. The topological polar surface area (TPSA) is 42.7 Å². The van der Waals surface area contributed by atoms with Crippen LogP contribution in [0.5, 0.6) is 0 Å². The predicted octanol–water partition coefficient (Wildman–Crippen LogP) is 4.25. The Morgan fingerprint density at radius 1 is 1.10 bits per heavy atom. The smallest absolute Gasteiger partial charge is 0.158 e. The zero-order valence-corrected chi connectivity index (χ0v) is 13.2. The first-order chi connectivity index (χ1) is 9.47. The SMILES string of the molecule is CC(C)CCC(C)Nc1cnc2c(cnn2C(C)C)c1. The molecule has 0 saturated heterocycles. The third-order valence-electron chi connectivity index (χ3n) is 3.51. The van der Waals surface area contributed by atoms with Gasteiger partial charge in [0.2, 0.25) is 0 Å². The summed E-state index contributed by atoms with van der Waals surface area (Å²) in [6.07, 6.45) is 6.23. The van der Waals surface area contributed by atoms with Gasteiger partial charge in [-0.1, -0.05) is 13.8 Å². The van der Waals surface area contributed by atoms with Gasteiger partial charge < -0.3 is 5.32 Å². The van der Waals surface area contributed by atoms with Gasteiger partial charge in [0.05, 0.1) is 18.1 Å². The van der Waals surface area contributed by atoms with Crippen LogP contribution in [0.4, 0.5) is 5.69 Å². The van der Waals surface area contributed by atoms with Gasteiger partial charge in [-0.05, 0) is 45.6 Å². The van der Waals surface area contributed by atoms with Crippen LogP contribution in [0.3, 0.4) is 0 Å². The maximum absolute atomic E-state index is 4.55. The number of rotatable bonds is 6. The maximum Gasteiger partial charge on any atom is 0.158 e. The first-order valence-corrected chi connectivity index (χ1v) is 7.57. The van der Waals surface area contributed by atoms with Gasteiger partial charge in [0.25, 0.3) is 0 Å². The Morgan fingerprint density at radius 2 is 1.85 bits per heavy atom. The molecule has 0 bridgehead atoms. The molecule has 2 rings (SSSR count). The number of hydrogen-bond donors (Lipinski definition) is 1. The van der Waals surface area contributed by atoms with Crippen molar-refractivity contribution in [1.29, 1.82) is 0 Å². The lowest BCUT2D eigenvalue weighted by atomic mass is 10.0. The van der Waals surface area contributed by atoms with Crippen LogP contribution in [-0.4, -0.2) is 20.8 Å². The zero-order chi connectivity index (χ0) is 14.7. The van der Waals surface area contributed by atoms with E-state index >= 15 is 0 Å². The number of nitrogens with zero attached hydrogens (tertiary/aromatic N) is 3. The van der Waals surface area contributed by atoms with Crippen molar-refractivity contribution in [2.45, 2.75) is 59.5 Å². The van der Waals surface area contributed by atoms with Crippen molar-refractivity contribution < 1.29 is 0 Å². The lowest BCUT2D eigenvalue weighted by Gasteiger charge is -2.16. The molecule has 110 valence electrons. The van der Waals surface area contributed by atoms with Crippen molar-refractivity contribution >= 4 is 16.7 Å². The van der Waals surface area contributed by atoms with Gasteiger partial charge in [0.1, 0.15) is 0 Å². The molecule has 4 heteroatoms. The standard InChI is InChI=1S/C16H26N4/c1-11(2)6-7-13(5)19-15-8-14-9-18-20(12(3)4)16(14)17-10-15/h8-13,19H,6-7H2,1-5H3. The van der Waals surface area contributed by atoms with E-state index in [9.17, 15) is 0 Å². The van der Waals surface area contributed by atoms with E-state index in [2.05, 4.69) is 56.1 Å². The number of anilines is 1. The van der Waals surface area contributed by atoms with E-state index in [1.165, 1.54) is 12.8 Å². The van der Waals surface area contributed by atoms with E-state index in [0.29, 0.717) is 12.1 Å². The molecule has 0 radical (unpaired) electrons. The second-order valence-corrected chi connectivity index (χ2v) is 6.34. The minimum absolute atomic E-state index is 0.337. The molecule has 0 spiro atoms. The van der Waals surface area contributed by atoms with Crippen LogP contribution in [0.25, 0.3) is 11.0 Å². The highest BCUT2D eigenvalue weighted by Crippen LogP contribution is 2.20. The van der Waals surface area contributed by atoms with Crippen LogP contribution in [-0.2, 0) is 0 Å². The highest BCUT2D eigenvalue weighted by molar-refractivity contribution is 5.78. The summed E-state index contributed by atoms with van der Waals surface area (Å²) in [5.41, 5.74) is 2.04. The Morgan fingerprint density at radius 3 is 2.50 bits per heavy atom. The molecule has 1 atom stereocenters. The highest BCUT2D eigenvalue weighted by atomic mass is 15.3. The van der Waals surface area contributed by atoms with E-state index in [1.54, 1.807) is 0 Å². The first kappa shape index (κ1) is 14.8. The second-order valence-electron chi connectivity index (χ2n) is 6.34. The van der Waals surface area contributed by atoms with Crippen LogP contribution in [0.1, 0.15) is 53.5 Å². The van der Waals surface area contributed by atoms with E-state index in [4.69, 9.17) is 0 Å². The predicted molar refractivity (Wildman–Crippen MR) is 85.1 cm³/mol. The molecule has 2 aromatic rings. The van der Waals surface area contributed by atoms with Gasteiger partial charge in [-0.15, -0.1) is 0 Å². The van der Waals surface area contributed by atoms with Crippen LogP contribution >= 0.6 is 0 Å². The van der Waals surface area contributed by atoms with Gasteiger partial charge in [-0.25, -0.2) is 9.67 Å². The summed E-state index contributed by atoms with van der Waals surface area (Å²) in [5, 5.41) is 9.03. The van der Waals surface area contributed by atoms with Crippen LogP contribution < -0.4 is 5.32 Å². The number of fused-ring (bicyclic) bond motifs is 1. The van der Waals surface area contributed by atoms with Crippen LogP contribution in [0.15, 0.2) is 18.5 Å². The number of nitrogens with one attached hydrogen (secondary N) is 1. The molecule has 0 fully saturated rings. The molecule has 4 nitrogen and oxygen atoms in total. The van der Waals surface area contributed by atoms with Gasteiger partial charge >= 0.3 is 0 Å². The van der Waals surface area contributed by atoms with Crippen molar-refractivity contribution in [2.24, 2.45) is 5.92 Å². The molecule has 0 aromatic carbocycles. The summed E-state index contributed by atoms with van der Waals surface area (Å²) >= 11 is 0. The largest absolute Gasteiger partial charge is 0.381 e. The molecular weight excluding hydrogens is 248 g/mol. The van der Waals surface area contributed by atoms with Gasteiger partial charge in [0.15, 0.2) is 5.65 Å². The molecule has 20 heavy (non-hydrogen) atoms. The molecule has 1 N–H and O–H groups in total. The molecule has 1 unspecified atom stereocenters. The molecular formula is C16H26N4. The van der Waals surface area contributed by atoms with Crippen molar-refractivity contribution in [2.75, 3.05) is 5.32 Å². The van der Waals surface area contributed by atoms with Crippen molar-refractivity contribution in [1.82, 2.24) is 14.8 Å². The first-order valence-electron chi connectivity index (χ1n) is 7.57. The summed E-state index contributed by atoms with van der Waals surface area (Å²) in [6.45, 7) is 11.0. The lowest BCUT2D eigenvalue weighted by Crippen LogP contribution is -2.16. The molecule has 0 aliphatic carbocycles. The van der Waals surface area contributed by atoms with Crippen molar-refractivity contribution in [3.05, 3.63) is 18.5 Å². The van der Waals surface area contributed by atoms with E-state index in [-0.39, 0.29) is 0 Å². The Bertz CT molecular complexity index is 557. The molecule has 0 aliphatic heterocycles. The molecule has 0 aliphatic rings. The number of aromatic nitrogens is 3. The minimum Gasteiger partial charge on any atom is -0.381 e. The minimum atomic E-state index is 0.337. The molecule has 0 amide bonds. The van der Waals surface area contributed by atoms with Crippen molar-refractivity contribution in [3.63, 3.8) is 0 Å². The average molecular weight is 274 g/mol. The van der Waals surface area contributed by atoms with Crippen LogP contribution in [0, 0.1) is 5.92 Å². The fraction of sp³-hybridized carbons (Fsp3) is 0.625.